The Balaban J connectivity index is 2.38. The third-order valence-electron chi connectivity index (χ3n) is 1.10. The van der Waals surface area contributed by atoms with Crippen molar-refractivity contribution in [3.63, 3.8) is 0 Å². The molecule has 0 saturated heterocycles. The Morgan fingerprint density at radius 1 is 1.40 bits per heavy atom. The van der Waals surface area contributed by atoms with Crippen LogP contribution in [0.2, 0.25) is 0 Å². The van der Waals surface area contributed by atoms with Gasteiger partial charge in [-0.1, -0.05) is 6.92 Å². The van der Waals surface area contributed by atoms with Gasteiger partial charge >= 0.3 is 0 Å². The normalized spacial score (nSPS) is 16.5. The number of nitrogens with two attached hydrogens (primary N) is 1. The van der Waals surface area contributed by atoms with E-state index in [4.69, 9.17) is 5.73 Å². The van der Waals surface area contributed by atoms with Gasteiger partial charge in [-0.2, -0.15) is 5.10 Å². The molecule has 0 amide bonds. The van der Waals surface area contributed by atoms with Crippen molar-refractivity contribution in [3.05, 3.63) is 0 Å². The smallest absolute Gasteiger partial charge is 0.232 e. The quantitative estimate of drug-likeness (QED) is 0.486. The van der Waals surface area contributed by atoms with Crippen molar-refractivity contribution in [2.24, 2.45) is 15.9 Å². The topological polar surface area (TPSA) is 74.8 Å². The van der Waals surface area contributed by atoms with Gasteiger partial charge in [-0.05, 0) is 6.42 Å². The minimum atomic E-state index is 0.305. The largest absolute Gasteiger partial charge is 0.367 e. The molecule has 0 spiro atoms. The van der Waals surface area contributed by atoms with Crippen molar-refractivity contribution in [2.45, 2.75) is 19.8 Å². The zero-order valence-electron chi connectivity index (χ0n) is 5.89. The summed E-state index contributed by atoms with van der Waals surface area (Å²) in [6, 6.07) is 0. The number of hydrogen-bond donors (Lipinski definition) is 3. The molecule has 0 radical (unpaired) electrons. The maximum absolute atomic E-state index is 5.26. The summed E-state index contributed by atoms with van der Waals surface area (Å²) in [5, 5.41) is 7.63. The van der Waals surface area contributed by atoms with E-state index >= 15 is 0 Å². The van der Waals surface area contributed by atoms with E-state index in [0.29, 0.717) is 5.96 Å². The van der Waals surface area contributed by atoms with Gasteiger partial charge in [0, 0.05) is 6.42 Å². The number of rotatable bonds is 2. The first-order valence-electron chi connectivity index (χ1n) is 3.24. The van der Waals surface area contributed by atoms with Crippen LogP contribution < -0.4 is 16.6 Å². The predicted octanol–water partition coefficient (Wildman–Crippen LogP) is -0.477. The van der Waals surface area contributed by atoms with Crippen LogP contribution in [0.5, 0.6) is 0 Å². The molecule has 0 aromatic heterocycles. The molecule has 0 unspecified atom stereocenters. The lowest BCUT2D eigenvalue weighted by Crippen LogP contribution is -2.38. The van der Waals surface area contributed by atoms with Gasteiger partial charge in [0.25, 0.3) is 0 Å². The highest BCUT2D eigenvalue weighted by molar-refractivity contribution is 5.88. The first kappa shape index (κ1) is 6.85. The lowest BCUT2D eigenvalue weighted by molar-refractivity contribution is 0.821. The van der Waals surface area contributed by atoms with E-state index in [1.165, 1.54) is 0 Å². The summed E-state index contributed by atoms with van der Waals surface area (Å²) in [6.07, 6.45) is 1.94. The summed E-state index contributed by atoms with van der Waals surface area (Å²) in [6.45, 7) is 2.08. The van der Waals surface area contributed by atoms with Crippen LogP contribution in [0.25, 0.3) is 0 Å². The van der Waals surface area contributed by atoms with Crippen molar-refractivity contribution in [1.82, 2.24) is 10.9 Å². The van der Waals surface area contributed by atoms with Crippen LogP contribution in [-0.4, -0.2) is 11.8 Å². The van der Waals surface area contributed by atoms with Crippen LogP contribution in [0, 0.1) is 0 Å². The van der Waals surface area contributed by atoms with Crippen molar-refractivity contribution in [1.29, 1.82) is 0 Å². The lowest BCUT2D eigenvalue weighted by atomic mass is 10.3. The van der Waals surface area contributed by atoms with E-state index in [2.05, 4.69) is 28.0 Å². The Kier molecular flexibility index (Phi) is 2.09. The fourth-order valence-electron chi connectivity index (χ4n) is 0.648. The predicted molar refractivity (Wildman–Crippen MR) is 40.2 cm³/mol. The van der Waals surface area contributed by atoms with Crippen LogP contribution in [0.4, 0.5) is 0 Å². The Hall–Kier alpha value is -1.26. The molecule has 4 N–H and O–H groups in total. The molecule has 0 bridgehead atoms. The highest BCUT2D eigenvalue weighted by atomic mass is 15.5. The van der Waals surface area contributed by atoms with E-state index in [0.717, 1.165) is 18.7 Å². The van der Waals surface area contributed by atoms with E-state index in [9.17, 15) is 0 Å². The molecule has 5 heteroatoms. The molecule has 0 aliphatic carbocycles. The molecule has 56 valence electrons. The Labute approximate surface area is 59.4 Å². The zero-order chi connectivity index (χ0) is 7.40. The maximum atomic E-state index is 5.26. The van der Waals surface area contributed by atoms with Gasteiger partial charge in [0.15, 0.2) is 0 Å². The van der Waals surface area contributed by atoms with Gasteiger partial charge < -0.3 is 5.73 Å². The highest BCUT2D eigenvalue weighted by Crippen LogP contribution is 1.90. The molecule has 0 fully saturated rings. The molecule has 0 aromatic carbocycles. The second-order valence-electron chi connectivity index (χ2n) is 2.03. The molecule has 1 rings (SSSR count). The number of hydrazone groups is 2. The summed E-state index contributed by atoms with van der Waals surface area (Å²) >= 11 is 0. The zero-order valence-corrected chi connectivity index (χ0v) is 5.89. The summed E-state index contributed by atoms with van der Waals surface area (Å²) in [7, 11) is 0. The van der Waals surface area contributed by atoms with Crippen LogP contribution in [0.15, 0.2) is 10.2 Å². The molecule has 1 heterocycles. The summed E-state index contributed by atoms with van der Waals surface area (Å²) in [5.41, 5.74) is 10.6. The SMILES string of the molecule is CCCC1=NNC(N)=NN1. The van der Waals surface area contributed by atoms with Crippen molar-refractivity contribution < 1.29 is 0 Å². The minimum Gasteiger partial charge on any atom is -0.367 e. The van der Waals surface area contributed by atoms with E-state index in [-0.39, 0.29) is 0 Å². The monoisotopic (exact) mass is 141 g/mol. The van der Waals surface area contributed by atoms with Crippen LogP contribution in [-0.2, 0) is 0 Å². The number of amidine groups is 1. The van der Waals surface area contributed by atoms with Gasteiger partial charge in [-0.3, -0.25) is 5.43 Å². The second-order valence-corrected chi connectivity index (χ2v) is 2.03. The fraction of sp³-hybridized carbons (Fsp3) is 0.600. The fourth-order valence-corrected chi connectivity index (χ4v) is 0.648. The van der Waals surface area contributed by atoms with E-state index in [1.54, 1.807) is 0 Å². The number of guanidine groups is 1. The van der Waals surface area contributed by atoms with Gasteiger partial charge in [0.1, 0.15) is 5.84 Å². The number of nitrogens with one attached hydrogen (secondary N) is 2. The molecule has 0 atom stereocenters. The molecule has 5 nitrogen and oxygen atoms in total. The number of hydrogen-bond acceptors (Lipinski definition) is 5. The van der Waals surface area contributed by atoms with Crippen molar-refractivity contribution in [3.8, 4) is 0 Å². The molecule has 0 saturated carbocycles. The first-order valence-corrected chi connectivity index (χ1v) is 3.24. The summed E-state index contributed by atoms with van der Waals surface area (Å²) in [4.78, 5) is 0. The highest BCUT2D eigenvalue weighted by Gasteiger charge is 2.01. The van der Waals surface area contributed by atoms with Crippen molar-refractivity contribution in [2.75, 3.05) is 0 Å². The Bertz CT molecular complexity index is 171. The second kappa shape index (κ2) is 3.05. The third-order valence-corrected chi connectivity index (χ3v) is 1.10. The summed E-state index contributed by atoms with van der Waals surface area (Å²) < 4.78 is 0. The number of nitrogens with zero attached hydrogens (tertiary/aromatic N) is 2. The Morgan fingerprint density at radius 3 is 2.70 bits per heavy atom. The molecule has 10 heavy (non-hydrogen) atoms. The molecule has 1 aliphatic rings. The van der Waals surface area contributed by atoms with Gasteiger partial charge in [0.05, 0.1) is 0 Å². The minimum absolute atomic E-state index is 0.305. The maximum Gasteiger partial charge on any atom is 0.232 e. The standard InChI is InChI=1S/C5H11N5/c1-2-3-4-7-9-5(6)10-8-4/h2-3H2,1H3,(H,7,8)(H3,6,9,10). The average molecular weight is 141 g/mol. The average Bonchev–Trinajstić information content (AvgIpc) is 1.95. The molecular weight excluding hydrogens is 130 g/mol. The van der Waals surface area contributed by atoms with Gasteiger partial charge in [0.2, 0.25) is 5.96 Å². The Morgan fingerprint density at radius 2 is 2.20 bits per heavy atom. The third kappa shape index (κ3) is 1.61. The first-order chi connectivity index (χ1) is 4.83. The van der Waals surface area contributed by atoms with E-state index < -0.39 is 0 Å². The molecule has 1 aliphatic heterocycles. The van der Waals surface area contributed by atoms with E-state index in [1.807, 2.05) is 0 Å². The van der Waals surface area contributed by atoms with Crippen LogP contribution in [0.1, 0.15) is 19.8 Å². The molecular formula is C5H11N5. The van der Waals surface area contributed by atoms with Crippen LogP contribution in [0.3, 0.4) is 0 Å². The van der Waals surface area contributed by atoms with Gasteiger partial charge in [-0.25, -0.2) is 5.43 Å². The van der Waals surface area contributed by atoms with Crippen molar-refractivity contribution >= 4 is 11.8 Å². The summed E-state index contributed by atoms with van der Waals surface area (Å²) in [5.74, 6) is 1.14. The van der Waals surface area contributed by atoms with Gasteiger partial charge in [-0.15, -0.1) is 5.10 Å². The lowest BCUT2D eigenvalue weighted by Gasteiger charge is -2.10. The van der Waals surface area contributed by atoms with Crippen LogP contribution >= 0.6 is 0 Å². The molecule has 0 aromatic rings.